The smallest absolute Gasteiger partial charge is 0.0970 e. The molecule has 1 atom stereocenters. The van der Waals surface area contributed by atoms with Gasteiger partial charge in [0.2, 0.25) is 0 Å². The van der Waals surface area contributed by atoms with Gasteiger partial charge in [0.25, 0.3) is 0 Å². The molecule has 0 radical (unpaired) electrons. The third kappa shape index (κ3) is 5.32. The van der Waals surface area contributed by atoms with Crippen LogP contribution in [0.15, 0.2) is 182 Å². The van der Waals surface area contributed by atoms with E-state index in [1.807, 2.05) is 67.7 Å². The van der Waals surface area contributed by atoms with Gasteiger partial charge in [-0.1, -0.05) is 36.4 Å². The fourth-order valence-electron chi connectivity index (χ4n) is 11.5. The van der Waals surface area contributed by atoms with Crippen LogP contribution >= 0.6 is 0 Å². The summed E-state index contributed by atoms with van der Waals surface area (Å²) in [6.45, 7) is 0. The highest BCUT2D eigenvalue weighted by atomic mass is 15.0. The predicted octanol–water partition coefficient (Wildman–Crippen LogP) is 14.0. The molecule has 6 aromatic carbocycles. The van der Waals surface area contributed by atoms with Gasteiger partial charge in [-0.3, -0.25) is 24.9 Å². The van der Waals surface area contributed by atoms with Crippen molar-refractivity contribution in [2.24, 2.45) is 4.99 Å². The number of benzene rings is 6. The number of aromatic amines is 1. The van der Waals surface area contributed by atoms with Gasteiger partial charge in [0.1, 0.15) is 0 Å². The number of nitrogens with zero attached hydrogens (tertiary/aromatic N) is 7. The fraction of sp³-hybridized carbons (Fsp3) is 0.0678. The van der Waals surface area contributed by atoms with Crippen molar-refractivity contribution in [1.82, 2.24) is 34.1 Å². The Morgan fingerprint density at radius 1 is 0.478 bits per heavy atom. The van der Waals surface area contributed by atoms with E-state index in [2.05, 4.69) is 135 Å². The number of H-pyrrole nitrogens is 1. The largest absolute Gasteiger partial charge is 0.366 e. The molecule has 8 heteroatoms. The summed E-state index contributed by atoms with van der Waals surface area (Å²) in [5.41, 5.74) is 19.7. The maximum Gasteiger partial charge on any atom is 0.0970 e. The second kappa shape index (κ2) is 13.9. The zero-order valence-electron chi connectivity index (χ0n) is 36.1. The maximum atomic E-state index is 4.83. The van der Waals surface area contributed by atoms with Crippen molar-refractivity contribution in [2.75, 3.05) is 0 Å². The third-order valence-electron chi connectivity index (χ3n) is 14.5. The van der Waals surface area contributed by atoms with Gasteiger partial charge in [-0.25, -0.2) is 0 Å². The molecule has 13 aromatic rings. The summed E-state index contributed by atoms with van der Waals surface area (Å²) in [5.74, 6) is 0. The second-order valence-electron chi connectivity index (χ2n) is 18.1. The van der Waals surface area contributed by atoms with Gasteiger partial charge < -0.3 is 14.1 Å². The van der Waals surface area contributed by atoms with Crippen LogP contribution in [0.2, 0.25) is 0 Å². The Morgan fingerprint density at radius 2 is 1.04 bits per heavy atom. The van der Waals surface area contributed by atoms with Gasteiger partial charge >= 0.3 is 0 Å². The number of hydrogen-bond acceptors (Lipinski definition) is 5. The summed E-state index contributed by atoms with van der Waals surface area (Å²) in [6.07, 6.45) is 20.6. The van der Waals surface area contributed by atoms with Crippen LogP contribution in [0.4, 0.5) is 0 Å². The lowest BCUT2D eigenvalue weighted by Gasteiger charge is -2.22. The van der Waals surface area contributed by atoms with E-state index in [0.717, 1.165) is 85.3 Å². The van der Waals surface area contributed by atoms with Crippen molar-refractivity contribution >= 4 is 93.4 Å². The Hall–Kier alpha value is -8.75. The number of nitrogens with one attached hydrogen (secondary N) is 1. The Morgan fingerprint density at radius 3 is 1.66 bits per heavy atom. The van der Waals surface area contributed by atoms with Crippen LogP contribution in [0.25, 0.3) is 126 Å². The lowest BCUT2D eigenvalue weighted by molar-refractivity contribution is 0.667. The first-order chi connectivity index (χ1) is 33.2. The highest BCUT2D eigenvalue weighted by Gasteiger charge is 2.26. The summed E-state index contributed by atoms with van der Waals surface area (Å²) >= 11 is 0. The summed E-state index contributed by atoms with van der Waals surface area (Å²) in [6, 6.07) is 47.4. The minimum Gasteiger partial charge on any atom is -0.366 e. The number of aliphatic imine (C=N–C) groups is 1. The Kier molecular flexibility index (Phi) is 7.58. The van der Waals surface area contributed by atoms with Gasteiger partial charge in [0.15, 0.2) is 0 Å². The molecule has 0 spiro atoms. The van der Waals surface area contributed by atoms with Crippen molar-refractivity contribution < 1.29 is 0 Å². The highest BCUT2D eigenvalue weighted by Crippen LogP contribution is 2.46. The molecule has 314 valence electrons. The normalized spacial score (nSPS) is 14.7. The number of allylic oxidation sites excluding steroid dienone is 1. The standard InChI is InChI=1S/C59H38N8/c1-5-38-29-44(42-7-3-20-64-58(42)56(38)62-18-1)36-11-13-52-48(25-36)50-27-34-9-10-35-28-51-49-26-37(45-30-39-6-2-19-63-57(39)59-43(45)8-4-21-65-59)12-14-53(49)67(41-17-24-61-33-41)55(51)32-47(35)46(34)31-54(50)66(52)40-15-22-60-23-16-40/h1-8,11-15,17-33,40,61H,9-10,16H2. The average molecular weight is 859 g/mol. The molecular weight excluding hydrogens is 821 g/mol. The summed E-state index contributed by atoms with van der Waals surface area (Å²) in [4.78, 5) is 27.0. The second-order valence-corrected chi connectivity index (χ2v) is 18.1. The molecule has 0 saturated heterocycles. The molecule has 8 heterocycles. The molecule has 7 aromatic heterocycles. The molecule has 1 aliphatic carbocycles. The van der Waals surface area contributed by atoms with Crippen molar-refractivity contribution in [3.63, 3.8) is 0 Å². The van der Waals surface area contributed by atoms with E-state index in [1.165, 1.54) is 71.4 Å². The summed E-state index contributed by atoms with van der Waals surface area (Å²) < 4.78 is 4.97. The van der Waals surface area contributed by atoms with E-state index < -0.39 is 0 Å². The number of aromatic nitrogens is 7. The molecule has 2 aliphatic rings. The highest BCUT2D eigenvalue weighted by molar-refractivity contribution is 6.17. The van der Waals surface area contributed by atoms with Gasteiger partial charge in [-0.2, -0.15) is 0 Å². The van der Waals surface area contributed by atoms with Crippen molar-refractivity contribution in [3.05, 3.63) is 188 Å². The molecule has 67 heavy (non-hydrogen) atoms. The third-order valence-corrected chi connectivity index (χ3v) is 14.5. The van der Waals surface area contributed by atoms with E-state index in [1.54, 1.807) is 0 Å². The molecule has 0 saturated carbocycles. The Balaban J connectivity index is 0.947. The number of hydrogen-bond donors (Lipinski definition) is 1. The SMILES string of the molecule is C1=CC(n2c3ccc(-c4cc5cccnc5c5ncccc45)cc3c3cc4c(cc32)-c2cc3c(cc2CC4)c2cc(-c4cc5cccnc5c5ncccc45)ccc2n3-c2cc[nH]c2)CC=N1. The van der Waals surface area contributed by atoms with Crippen LogP contribution in [0.1, 0.15) is 23.6 Å². The van der Waals surface area contributed by atoms with Gasteiger partial charge in [0.05, 0.1) is 50.3 Å². The molecule has 0 fully saturated rings. The van der Waals surface area contributed by atoms with Crippen molar-refractivity contribution in [3.8, 4) is 39.1 Å². The van der Waals surface area contributed by atoms with Crippen LogP contribution in [-0.2, 0) is 12.8 Å². The zero-order valence-corrected chi connectivity index (χ0v) is 36.1. The minimum atomic E-state index is 0.140. The van der Waals surface area contributed by atoms with E-state index in [-0.39, 0.29) is 6.04 Å². The molecule has 8 nitrogen and oxygen atoms in total. The van der Waals surface area contributed by atoms with Crippen LogP contribution in [0.3, 0.4) is 0 Å². The maximum absolute atomic E-state index is 4.83. The molecule has 0 amide bonds. The first kappa shape index (κ1) is 36.6. The van der Waals surface area contributed by atoms with Gasteiger partial charge in [0, 0.05) is 105 Å². The summed E-state index contributed by atoms with van der Waals surface area (Å²) in [5, 5.41) is 9.40. The topological polar surface area (TPSA) is 89.6 Å². The molecule has 1 unspecified atom stereocenters. The quantitative estimate of drug-likeness (QED) is 0.179. The van der Waals surface area contributed by atoms with Crippen LogP contribution < -0.4 is 0 Å². The van der Waals surface area contributed by atoms with E-state index in [0.29, 0.717) is 0 Å². The lowest BCUT2D eigenvalue weighted by Crippen LogP contribution is -2.09. The Labute approximate surface area is 383 Å². The van der Waals surface area contributed by atoms with Crippen LogP contribution in [-0.4, -0.2) is 40.3 Å². The molecular formula is C59H38N8. The lowest BCUT2D eigenvalue weighted by atomic mass is 9.83. The minimum absolute atomic E-state index is 0.140. The van der Waals surface area contributed by atoms with E-state index >= 15 is 0 Å². The van der Waals surface area contributed by atoms with Crippen molar-refractivity contribution in [2.45, 2.75) is 25.3 Å². The first-order valence-electron chi connectivity index (χ1n) is 23.0. The van der Waals surface area contributed by atoms with E-state index in [4.69, 9.17) is 19.9 Å². The van der Waals surface area contributed by atoms with E-state index in [9.17, 15) is 0 Å². The van der Waals surface area contributed by atoms with Gasteiger partial charge in [-0.15, -0.1) is 0 Å². The molecule has 1 aliphatic heterocycles. The van der Waals surface area contributed by atoms with Crippen molar-refractivity contribution in [1.29, 1.82) is 0 Å². The van der Waals surface area contributed by atoms with Crippen LogP contribution in [0, 0.1) is 0 Å². The summed E-state index contributed by atoms with van der Waals surface area (Å²) in [7, 11) is 0. The number of aryl methyl sites for hydroxylation is 2. The predicted molar refractivity (Wildman–Crippen MR) is 274 cm³/mol. The monoisotopic (exact) mass is 858 g/mol. The Bertz CT molecular complexity index is 4320. The van der Waals surface area contributed by atoms with Gasteiger partial charge in [-0.05, 0) is 154 Å². The molecule has 15 rings (SSSR count). The molecule has 1 N–H and O–H groups in total. The molecule has 0 bridgehead atoms. The number of rotatable bonds is 4. The first-order valence-corrected chi connectivity index (χ1v) is 23.0. The zero-order chi connectivity index (χ0) is 43.7. The fourth-order valence-corrected chi connectivity index (χ4v) is 11.5. The van der Waals surface area contributed by atoms with Crippen LogP contribution in [0.5, 0.6) is 0 Å². The average Bonchev–Trinajstić information content (AvgIpc) is 4.12. The number of fused-ring (bicyclic) bond motifs is 15. The number of pyridine rings is 4.